The molecule has 0 saturated heterocycles. The summed E-state index contributed by atoms with van der Waals surface area (Å²) in [5.41, 5.74) is 3.06. The summed E-state index contributed by atoms with van der Waals surface area (Å²) in [6.07, 6.45) is 0. The molecular weight excluding hydrogens is 256 g/mol. The number of aryl methyl sites for hydroxylation is 2. The van der Waals surface area contributed by atoms with Gasteiger partial charge >= 0.3 is 0 Å². The van der Waals surface area contributed by atoms with Gasteiger partial charge in [-0.15, -0.1) is 11.6 Å². The molecule has 1 aromatic carbocycles. The normalized spacial score (nSPS) is 13.6. The van der Waals surface area contributed by atoms with Crippen LogP contribution in [0.4, 0.5) is 0 Å². The smallest absolute Gasteiger partial charge is 0.154 e. The van der Waals surface area contributed by atoms with Crippen molar-refractivity contribution in [3.8, 4) is 0 Å². The van der Waals surface area contributed by atoms with E-state index in [0.29, 0.717) is 5.88 Å². The van der Waals surface area contributed by atoms with Gasteiger partial charge in [0.25, 0.3) is 0 Å². The highest BCUT2D eigenvalue weighted by molar-refractivity contribution is 7.90. The van der Waals surface area contributed by atoms with Crippen molar-refractivity contribution in [3.05, 3.63) is 34.9 Å². The summed E-state index contributed by atoms with van der Waals surface area (Å²) in [6.45, 7) is 5.81. The third-order valence-electron chi connectivity index (χ3n) is 2.47. The lowest BCUT2D eigenvalue weighted by molar-refractivity contribution is 0.582. The molecule has 96 valence electrons. The van der Waals surface area contributed by atoms with Gasteiger partial charge in [-0.3, -0.25) is 0 Å². The molecule has 0 saturated carbocycles. The summed E-state index contributed by atoms with van der Waals surface area (Å²) in [5.74, 6) is 0.652. The molecule has 0 radical (unpaired) electrons. The molecule has 1 rings (SSSR count). The van der Waals surface area contributed by atoms with Crippen LogP contribution in [0.1, 0.15) is 23.6 Å². The summed E-state index contributed by atoms with van der Waals surface area (Å²) in [6, 6.07) is 5.89. The average Bonchev–Trinajstić information content (AvgIpc) is 2.13. The number of alkyl halides is 1. The molecule has 0 N–H and O–H groups in total. The van der Waals surface area contributed by atoms with Crippen molar-refractivity contribution in [3.63, 3.8) is 0 Å². The maximum Gasteiger partial charge on any atom is 0.154 e. The van der Waals surface area contributed by atoms with Gasteiger partial charge in [-0.1, -0.05) is 36.2 Å². The number of benzene rings is 1. The maximum absolute atomic E-state index is 11.9. The standard InChI is InChI=1S/C13H19ClO2S/c1-10-4-11(2)6-13(5-10)9-17(15,16)8-12(3)7-14/h4-6,12H,7-9H2,1-3H3. The van der Waals surface area contributed by atoms with E-state index in [2.05, 4.69) is 0 Å². The lowest BCUT2D eigenvalue weighted by atomic mass is 10.1. The van der Waals surface area contributed by atoms with E-state index in [-0.39, 0.29) is 17.4 Å². The van der Waals surface area contributed by atoms with Gasteiger partial charge in [0, 0.05) is 5.88 Å². The van der Waals surface area contributed by atoms with Crippen molar-refractivity contribution in [1.82, 2.24) is 0 Å². The minimum Gasteiger partial charge on any atom is -0.228 e. The second-order valence-corrected chi connectivity index (χ2v) is 7.23. The maximum atomic E-state index is 11.9. The highest BCUT2D eigenvalue weighted by Crippen LogP contribution is 2.14. The van der Waals surface area contributed by atoms with Crippen LogP contribution >= 0.6 is 11.6 Å². The third-order valence-corrected chi connectivity index (χ3v) is 4.85. The average molecular weight is 275 g/mol. The Morgan fingerprint density at radius 2 is 1.71 bits per heavy atom. The molecule has 0 bridgehead atoms. The summed E-state index contributed by atoms with van der Waals surface area (Å²) in [7, 11) is -3.06. The van der Waals surface area contributed by atoms with Crippen LogP contribution in [0.25, 0.3) is 0 Å². The van der Waals surface area contributed by atoms with E-state index >= 15 is 0 Å². The zero-order valence-electron chi connectivity index (χ0n) is 10.5. The van der Waals surface area contributed by atoms with E-state index in [9.17, 15) is 8.42 Å². The Hall–Kier alpha value is -0.540. The van der Waals surface area contributed by atoms with E-state index in [4.69, 9.17) is 11.6 Å². The minimum absolute atomic E-state index is 0.00701. The first-order chi connectivity index (χ1) is 7.82. The van der Waals surface area contributed by atoms with Gasteiger partial charge in [0.15, 0.2) is 9.84 Å². The second kappa shape index (κ2) is 5.87. The number of hydrogen-bond donors (Lipinski definition) is 0. The van der Waals surface area contributed by atoms with Crippen LogP contribution in [-0.4, -0.2) is 20.1 Å². The van der Waals surface area contributed by atoms with Crippen LogP contribution < -0.4 is 0 Å². The molecular formula is C13H19ClO2S. The van der Waals surface area contributed by atoms with Crippen LogP contribution in [0.3, 0.4) is 0 Å². The summed E-state index contributed by atoms with van der Waals surface area (Å²) < 4.78 is 23.9. The van der Waals surface area contributed by atoms with Gasteiger partial charge in [0.1, 0.15) is 0 Å². The van der Waals surface area contributed by atoms with Crippen molar-refractivity contribution >= 4 is 21.4 Å². The molecule has 0 aliphatic heterocycles. The molecule has 0 aliphatic rings. The predicted octanol–water partition coefficient (Wildman–Crippen LogP) is 3.09. The highest BCUT2D eigenvalue weighted by Gasteiger charge is 2.16. The highest BCUT2D eigenvalue weighted by atomic mass is 35.5. The van der Waals surface area contributed by atoms with Gasteiger partial charge < -0.3 is 0 Å². The fourth-order valence-electron chi connectivity index (χ4n) is 1.94. The largest absolute Gasteiger partial charge is 0.228 e. The van der Waals surface area contributed by atoms with Crippen LogP contribution in [0.5, 0.6) is 0 Å². The van der Waals surface area contributed by atoms with Crippen molar-refractivity contribution in [2.24, 2.45) is 5.92 Å². The Labute approximate surface area is 109 Å². The Morgan fingerprint density at radius 3 is 2.18 bits per heavy atom. The van der Waals surface area contributed by atoms with Crippen molar-refractivity contribution in [2.75, 3.05) is 11.6 Å². The van der Waals surface area contributed by atoms with Crippen molar-refractivity contribution in [1.29, 1.82) is 0 Å². The van der Waals surface area contributed by atoms with Crippen LogP contribution in [0.15, 0.2) is 18.2 Å². The summed E-state index contributed by atoms with van der Waals surface area (Å²) >= 11 is 5.65. The SMILES string of the molecule is Cc1cc(C)cc(CS(=O)(=O)CC(C)CCl)c1. The van der Waals surface area contributed by atoms with Crippen molar-refractivity contribution < 1.29 is 8.42 Å². The molecule has 2 nitrogen and oxygen atoms in total. The van der Waals surface area contributed by atoms with Crippen molar-refractivity contribution in [2.45, 2.75) is 26.5 Å². The summed E-state index contributed by atoms with van der Waals surface area (Å²) in [4.78, 5) is 0. The Balaban J connectivity index is 2.83. The third kappa shape index (κ3) is 5.09. The molecule has 0 spiro atoms. The fourth-order valence-corrected chi connectivity index (χ4v) is 3.96. The monoisotopic (exact) mass is 274 g/mol. The molecule has 0 aromatic heterocycles. The Morgan fingerprint density at radius 1 is 1.18 bits per heavy atom. The number of sulfone groups is 1. The lowest BCUT2D eigenvalue weighted by Gasteiger charge is -2.10. The second-order valence-electron chi connectivity index (χ2n) is 4.81. The number of hydrogen-bond acceptors (Lipinski definition) is 2. The van der Waals surface area contributed by atoms with Gasteiger partial charge in [0.2, 0.25) is 0 Å². The number of rotatable bonds is 5. The number of halogens is 1. The van der Waals surface area contributed by atoms with E-state index in [1.165, 1.54) is 0 Å². The van der Waals surface area contributed by atoms with E-state index < -0.39 is 9.84 Å². The molecule has 0 heterocycles. The molecule has 0 fully saturated rings. The first-order valence-corrected chi connectivity index (χ1v) is 8.01. The molecule has 1 aromatic rings. The van der Waals surface area contributed by atoms with Crippen LogP contribution in [-0.2, 0) is 15.6 Å². The fraction of sp³-hybridized carbons (Fsp3) is 0.538. The molecule has 17 heavy (non-hydrogen) atoms. The minimum atomic E-state index is -3.06. The zero-order valence-corrected chi connectivity index (χ0v) is 12.1. The molecule has 1 atom stereocenters. The first-order valence-electron chi connectivity index (χ1n) is 5.66. The van der Waals surface area contributed by atoms with Gasteiger partial charge in [0.05, 0.1) is 11.5 Å². The van der Waals surface area contributed by atoms with Gasteiger partial charge in [-0.2, -0.15) is 0 Å². The lowest BCUT2D eigenvalue weighted by Crippen LogP contribution is -2.16. The van der Waals surface area contributed by atoms with Crippen LogP contribution in [0, 0.1) is 19.8 Å². The van der Waals surface area contributed by atoms with E-state index in [1.807, 2.05) is 39.0 Å². The van der Waals surface area contributed by atoms with Crippen LogP contribution in [0.2, 0.25) is 0 Å². The molecule has 4 heteroatoms. The van der Waals surface area contributed by atoms with Gasteiger partial charge in [-0.25, -0.2) is 8.42 Å². The molecule has 0 aliphatic carbocycles. The van der Waals surface area contributed by atoms with E-state index in [1.54, 1.807) is 0 Å². The van der Waals surface area contributed by atoms with E-state index in [0.717, 1.165) is 16.7 Å². The molecule has 0 amide bonds. The van der Waals surface area contributed by atoms with Gasteiger partial charge in [-0.05, 0) is 25.3 Å². The zero-order chi connectivity index (χ0) is 13.1. The Kier molecular flexibility index (Phi) is 5.02. The topological polar surface area (TPSA) is 34.1 Å². The quantitative estimate of drug-likeness (QED) is 0.773. The first kappa shape index (κ1) is 14.5. The molecule has 1 unspecified atom stereocenters. The summed E-state index contributed by atoms with van der Waals surface area (Å²) in [5, 5.41) is 0. The predicted molar refractivity (Wildman–Crippen MR) is 73.3 cm³/mol. The Bertz CT molecular complexity index is 460.